The fraction of sp³-hybridized carbons (Fsp3) is 0.524. The number of nitrogens with one attached hydrogen (secondary N) is 1. The first-order valence-corrected chi connectivity index (χ1v) is 13.4. The lowest BCUT2D eigenvalue weighted by Crippen LogP contribution is -2.39. The van der Waals surface area contributed by atoms with Gasteiger partial charge in [0.25, 0.3) is 0 Å². The zero-order chi connectivity index (χ0) is 22.5. The average molecular weight is 493 g/mol. The van der Waals surface area contributed by atoms with Gasteiger partial charge in [0.2, 0.25) is 5.52 Å². The van der Waals surface area contributed by atoms with E-state index in [4.69, 9.17) is 19.4 Å². The van der Waals surface area contributed by atoms with Crippen LogP contribution >= 0.6 is 34.9 Å². The van der Waals surface area contributed by atoms with E-state index in [1.807, 2.05) is 6.26 Å². The lowest BCUT2D eigenvalue weighted by Gasteiger charge is -2.36. The number of carbonyl (C=O) groups is 1. The van der Waals surface area contributed by atoms with Crippen LogP contribution in [0.2, 0.25) is 0 Å². The van der Waals surface area contributed by atoms with Crippen molar-refractivity contribution < 1.29 is 24.4 Å². The third-order valence-corrected chi connectivity index (χ3v) is 8.47. The van der Waals surface area contributed by atoms with E-state index in [1.54, 1.807) is 11.3 Å². The van der Waals surface area contributed by atoms with Crippen molar-refractivity contribution >= 4 is 67.1 Å². The molecular weight excluding hydrogens is 468 g/mol. The highest BCUT2D eigenvalue weighted by atomic mass is 32.2. The Hall–Kier alpha value is -1.66. The Morgan fingerprint density at radius 2 is 2.06 bits per heavy atom. The van der Waals surface area contributed by atoms with Crippen molar-refractivity contribution in [2.75, 3.05) is 43.2 Å². The van der Waals surface area contributed by atoms with Crippen molar-refractivity contribution in [1.82, 2.24) is 9.97 Å². The molecule has 8 nitrogen and oxygen atoms in total. The highest BCUT2D eigenvalue weighted by Gasteiger charge is 2.34. The van der Waals surface area contributed by atoms with Crippen LogP contribution in [-0.4, -0.2) is 59.9 Å². The number of aliphatic carboxylic acids is 1. The molecule has 0 bridgehead atoms. The van der Waals surface area contributed by atoms with Gasteiger partial charge in [0.15, 0.2) is 5.03 Å². The third-order valence-electron chi connectivity index (χ3n) is 5.70. The fourth-order valence-electron chi connectivity index (χ4n) is 4.21. The Morgan fingerprint density at radius 1 is 1.28 bits per heavy atom. The molecule has 0 unspecified atom stereocenters. The molecule has 0 aromatic carbocycles. The van der Waals surface area contributed by atoms with Crippen LogP contribution in [0, 0.1) is 0 Å². The number of fused-ring (bicyclic) bond motifs is 5. The second-order valence-corrected chi connectivity index (χ2v) is 11.2. The van der Waals surface area contributed by atoms with Gasteiger partial charge >= 0.3 is 5.16 Å². The molecule has 5 rings (SSSR count). The lowest BCUT2D eigenvalue weighted by atomic mass is 9.90. The van der Waals surface area contributed by atoms with E-state index in [2.05, 4.69) is 23.7 Å². The number of nitrogens with zero attached hydrogens (tertiary/aromatic N) is 3. The van der Waals surface area contributed by atoms with Crippen LogP contribution in [0.1, 0.15) is 25.0 Å². The van der Waals surface area contributed by atoms with Gasteiger partial charge in [-0.05, 0) is 42.4 Å². The lowest BCUT2D eigenvalue weighted by molar-refractivity contribution is -0.475. The van der Waals surface area contributed by atoms with Crippen molar-refractivity contribution in [3.63, 3.8) is 0 Å². The SMILES string of the molecule is CSc1nc2c(sc3nc(N4CCOCC4)c4c(c32)CC(C)(C)OC4)c(SCC(=O)[O-])[nH+]1. The van der Waals surface area contributed by atoms with E-state index in [0.717, 1.165) is 61.5 Å². The minimum absolute atomic E-state index is 0.122. The van der Waals surface area contributed by atoms with E-state index >= 15 is 0 Å². The van der Waals surface area contributed by atoms with Gasteiger partial charge in [-0.2, -0.15) is 0 Å². The van der Waals surface area contributed by atoms with Crippen molar-refractivity contribution in [1.29, 1.82) is 0 Å². The Labute approximate surface area is 198 Å². The maximum absolute atomic E-state index is 11.1. The summed E-state index contributed by atoms with van der Waals surface area (Å²) in [6.45, 7) is 7.70. The standard InChI is InChI=1S/C21H24N4O4S3/c1-21(2)8-11-12(9-29-21)17(25-4-6-28-7-5-25)23-18-14(11)15-16(32-18)19(31-10-13(26)27)24-20(22-15)30-3/h4-10H2,1-3H3,(H,26,27). The minimum atomic E-state index is -1.09. The number of carbonyl (C=O) groups excluding carboxylic acids is 1. The molecule has 32 heavy (non-hydrogen) atoms. The summed E-state index contributed by atoms with van der Waals surface area (Å²) in [6, 6.07) is 0. The molecule has 1 fully saturated rings. The van der Waals surface area contributed by atoms with Crippen LogP contribution in [0.3, 0.4) is 0 Å². The van der Waals surface area contributed by atoms with E-state index in [0.29, 0.717) is 19.8 Å². The van der Waals surface area contributed by atoms with Gasteiger partial charge in [0.1, 0.15) is 15.3 Å². The first-order valence-electron chi connectivity index (χ1n) is 10.4. The summed E-state index contributed by atoms with van der Waals surface area (Å²) in [4.78, 5) is 27.6. The topological polar surface area (TPSA) is 102 Å². The number of anilines is 1. The number of hydrogen-bond acceptors (Lipinski definition) is 10. The van der Waals surface area contributed by atoms with Crippen molar-refractivity contribution in [3.05, 3.63) is 11.1 Å². The second-order valence-electron chi connectivity index (χ2n) is 8.41. The molecule has 3 aromatic rings. The smallest absolute Gasteiger partial charge is 0.358 e. The van der Waals surface area contributed by atoms with Crippen LogP contribution in [0.25, 0.3) is 20.4 Å². The van der Waals surface area contributed by atoms with Gasteiger partial charge in [-0.15, -0.1) is 11.3 Å². The molecule has 1 N–H and O–H groups in total. The molecule has 0 saturated carbocycles. The van der Waals surface area contributed by atoms with Gasteiger partial charge in [0.05, 0.1) is 36.8 Å². The molecule has 11 heteroatoms. The first kappa shape index (κ1) is 22.1. The summed E-state index contributed by atoms with van der Waals surface area (Å²) in [7, 11) is 0. The van der Waals surface area contributed by atoms with E-state index in [9.17, 15) is 9.90 Å². The Bertz CT molecular complexity index is 1210. The molecule has 0 amide bonds. The predicted octanol–water partition coefficient (Wildman–Crippen LogP) is 1.91. The summed E-state index contributed by atoms with van der Waals surface area (Å²) >= 11 is 4.30. The molecule has 1 saturated heterocycles. The van der Waals surface area contributed by atoms with Crippen LogP contribution in [-0.2, 0) is 27.3 Å². The summed E-state index contributed by atoms with van der Waals surface area (Å²) in [5.41, 5.74) is 2.96. The molecule has 0 atom stereocenters. The molecule has 2 aliphatic heterocycles. The number of carboxylic acid groups (broad SMARTS) is 1. The van der Waals surface area contributed by atoms with Crippen LogP contribution in [0.5, 0.6) is 0 Å². The van der Waals surface area contributed by atoms with Gasteiger partial charge < -0.3 is 24.3 Å². The first-order chi connectivity index (χ1) is 15.4. The molecule has 0 spiro atoms. The number of pyridine rings is 1. The third kappa shape index (κ3) is 4.05. The second kappa shape index (κ2) is 8.60. The normalized spacial score (nSPS) is 18.3. The van der Waals surface area contributed by atoms with E-state index in [-0.39, 0.29) is 11.4 Å². The number of ether oxygens (including phenoxy) is 2. The molecule has 5 heterocycles. The quantitative estimate of drug-likeness (QED) is 0.300. The number of morpholine rings is 1. The summed E-state index contributed by atoms with van der Waals surface area (Å²) in [6.07, 6.45) is 2.72. The van der Waals surface area contributed by atoms with Gasteiger partial charge in [-0.25, -0.2) is 9.97 Å². The number of aromatic amines is 1. The zero-order valence-electron chi connectivity index (χ0n) is 18.1. The zero-order valence-corrected chi connectivity index (χ0v) is 20.6. The number of hydrogen-bond donors (Lipinski definition) is 0. The van der Waals surface area contributed by atoms with Crippen LogP contribution in [0.4, 0.5) is 5.82 Å². The minimum Gasteiger partial charge on any atom is -0.549 e. The van der Waals surface area contributed by atoms with E-state index < -0.39 is 5.97 Å². The largest absolute Gasteiger partial charge is 0.549 e. The number of H-pyrrole nitrogens is 1. The maximum atomic E-state index is 11.1. The molecular formula is C21H24N4O4S3. The number of rotatable bonds is 5. The van der Waals surface area contributed by atoms with Gasteiger partial charge in [-0.3, -0.25) is 0 Å². The summed E-state index contributed by atoms with van der Waals surface area (Å²) < 4.78 is 12.7. The number of thiophene rings is 1. The Kier molecular flexibility index (Phi) is 5.95. The van der Waals surface area contributed by atoms with Gasteiger partial charge in [0, 0.05) is 30.8 Å². The van der Waals surface area contributed by atoms with E-state index in [1.165, 1.54) is 29.1 Å². The molecule has 170 valence electrons. The maximum Gasteiger partial charge on any atom is 0.358 e. The summed E-state index contributed by atoms with van der Waals surface area (Å²) in [5, 5.41) is 13.7. The van der Waals surface area contributed by atoms with Crippen LogP contribution < -0.4 is 15.0 Å². The highest BCUT2D eigenvalue weighted by molar-refractivity contribution is 8.00. The fourth-order valence-corrected chi connectivity index (χ4v) is 6.66. The van der Waals surface area contributed by atoms with Crippen molar-refractivity contribution in [2.24, 2.45) is 0 Å². The van der Waals surface area contributed by atoms with Crippen LogP contribution in [0.15, 0.2) is 10.2 Å². The van der Waals surface area contributed by atoms with Gasteiger partial charge in [-0.1, -0.05) is 11.8 Å². The number of thioether (sulfide) groups is 2. The molecule has 2 aliphatic rings. The number of aromatic nitrogens is 3. The Balaban J connectivity index is 1.77. The molecule has 3 aromatic heterocycles. The Morgan fingerprint density at radius 3 is 2.78 bits per heavy atom. The molecule has 0 radical (unpaired) electrons. The monoisotopic (exact) mass is 492 g/mol. The summed E-state index contributed by atoms with van der Waals surface area (Å²) in [5.74, 6) is -0.247. The molecule has 0 aliphatic carbocycles. The predicted molar refractivity (Wildman–Crippen MR) is 125 cm³/mol. The average Bonchev–Trinajstić information content (AvgIpc) is 3.15. The highest BCUT2D eigenvalue weighted by Crippen LogP contribution is 2.44. The van der Waals surface area contributed by atoms with Crippen molar-refractivity contribution in [3.8, 4) is 0 Å². The number of carboxylic acids is 1. The van der Waals surface area contributed by atoms with Crippen molar-refractivity contribution in [2.45, 2.75) is 42.7 Å².